The lowest BCUT2D eigenvalue weighted by Gasteiger charge is -2.36. The first kappa shape index (κ1) is 13.4. The first-order chi connectivity index (χ1) is 9.61. The van der Waals surface area contributed by atoms with Gasteiger partial charge < -0.3 is 5.32 Å². The van der Waals surface area contributed by atoms with Crippen LogP contribution < -0.4 is 5.32 Å². The van der Waals surface area contributed by atoms with Gasteiger partial charge in [-0.25, -0.2) is 0 Å². The van der Waals surface area contributed by atoms with Gasteiger partial charge in [-0.1, -0.05) is 29.8 Å². The molecular weight excluding hydrogens is 246 g/mol. The van der Waals surface area contributed by atoms with Crippen LogP contribution in [-0.4, -0.2) is 15.8 Å². The number of aromatic nitrogens is 2. The molecule has 106 valence electrons. The number of aryl methyl sites for hydroxylation is 3. The maximum atomic E-state index is 4.38. The van der Waals surface area contributed by atoms with E-state index in [0.29, 0.717) is 6.04 Å². The van der Waals surface area contributed by atoms with E-state index < -0.39 is 0 Å². The number of benzene rings is 1. The van der Waals surface area contributed by atoms with Gasteiger partial charge in [-0.2, -0.15) is 5.10 Å². The fourth-order valence-electron chi connectivity index (χ4n) is 3.06. The van der Waals surface area contributed by atoms with Crippen LogP contribution in [0.3, 0.4) is 0 Å². The molecule has 1 N–H and O–H groups in total. The predicted molar refractivity (Wildman–Crippen MR) is 81.7 cm³/mol. The fraction of sp³-hybridized carbons (Fsp3) is 0.471. The SMILES string of the molecule is Cc1cccc(C2CC(NCc3cn(C)nc3C)C2)c1. The van der Waals surface area contributed by atoms with Crippen molar-refractivity contribution >= 4 is 0 Å². The number of nitrogens with one attached hydrogen (secondary N) is 1. The molecule has 0 saturated heterocycles. The van der Waals surface area contributed by atoms with Gasteiger partial charge in [0, 0.05) is 31.4 Å². The monoisotopic (exact) mass is 269 g/mol. The number of hydrogen-bond donors (Lipinski definition) is 1. The lowest BCUT2D eigenvalue weighted by molar-refractivity contribution is 0.289. The minimum atomic E-state index is 0.653. The Morgan fingerprint density at radius 1 is 1.30 bits per heavy atom. The Hall–Kier alpha value is -1.61. The van der Waals surface area contributed by atoms with Crippen molar-refractivity contribution in [2.24, 2.45) is 7.05 Å². The topological polar surface area (TPSA) is 29.9 Å². The molecule has 1 saturated carbocycles. The van der Waals surface area contributed by atoms with E-state index in [9.17, 15) is 0 Å². The Balaban J connectivity index is 1.50. The molecule has 1 aromatic carbocycles. The Morgan fingerprint density at radius 2 is 2.10 bits per heavy atom. The van der Waals surface area contributed by atoms with Crippen molar-refractivity contribution in [3.63, 3.8) is 0 Å². The van der Waals surface area contributed by atoms with Crippen LogP contribution in [0.15, 0.2) is 30.5 Å². The van der Waals surface area contributed by atoms with E-state index in [0.717, 1.165) is 18.2 Å². The minimum absolute atomic E-state index is 0.653. The smallest absolute Gasteiger partial charge is 0.0638 e. The Bertz CT molecular complexity index is 594. The van der Waals surface area contributed by atoms with Crippen molar-refractivity contribution < 1.29 is 0 Å². The highest BCUT2D eigenvalue weighted by atomic mass is 15.2. The molecule has 2 aromatic rings. The van der Waals surface area contributed by atoms with E-state index in [1.165, 1.54) is 29.5 Å². The average molecular weight is 269 g/mol. The van der Waals surface area contributed by atoms with E-state index in [1.54, 1.807) is 0 Å². The summed E-state index contributed by atoms with van der Waals surface area (Å²) in [6, 6.07) is 9.58. The van der Waals surface area contributed by atoms with E-state index in [4.69, 9.17) is 0 Å². The summed E-state index contributed by atoms with van der Waals surface area (Å²) < 4.78 is 1.89. The van der Waals surface area contributed by atoms with E-state index in [1.807, 2.05) is 11.7 Å². The van der Waals surface area contributed by atoms with Gasteiger partial charge in [0.2, 0.25) is 0 Å². The third-order valence-electron chi connectivity index (χ3n) is 4.35. The van der Waals surface area contributed by atoms with Gasteiger partial charge in [-0.3, -0.25) is 4.68 Å². The molecule has 1 aliphatic rings. The summed E-state index contributed by atoms with van der Waals surface area (Å²) in [5.74, 6) is 0.738. The van der Waals surface area contributed by atoms with Crippen molar-refractivity contribution in [2.75, 3.05) is 0 Å². The van der Waals surface area contributed by atoms with Crippen LogP contribution >= 0.6 is 0 Å². The van der Waals surface area contributed by atoms with Gasteiger partial charge in [0.05, 0.1) is 5.69 Å². The highest BCUT2D eigenvalue weighted by molar-refractivity contribution is 5.27. The Labute approximate surface area is 121 Å². The van der Waals surface area contributed by atoms with Crippen LogP contribution in [0.4, 0.5) is 0 Å². The summed E-state index contributed by atoms with van der Waals surface area (Å²) >= 11 is 0. The maximum Gasteiger partial charge on any atom is 0.0638 e. The Morgan fingerprint density at radius 3 is 2.75 bits per heavy atom. The molecule has 3 rings (SSSR count). The van der Waals surface area contributed by atoms with Crippen molar-refractivity contribution in [1.82, 2.24) is 15.1 Å². The summed E-state index contributed by atoms with van der Waals surface area (Å²) in [7, 11) is 1.98. The largest absolute Gasteiger partial charge is 0.310 e. The second kappa shape index (κ2) is 5.41. The van der Waals surface area contributed by atoms with Crippen molar-refractivity contribution in [3.8, 4) is 0 Å². The molecule has 1 aromatic heterocycles. The molecule has 3 nitrogen and oxygen atoms in total. The summed E-state index contributed by atoms with van der Waals surface area (Å²) in [6.07, 6.45) is 4.62. The van der Waals surface area contributed by atoms with E-state index >= 15 is 0 Å². The maximum absolute atomic E-state index is 4.38. The quantitative estimate of drug-likeness (QED) is 0.924. The van der Waals surface area contributed by atoms with Gasteiger partial charge in [-0.15, -0.1) is 0 Å². The zero-order valence-corrected chi connectivity index (χ0v) is 12.6. The second-order valence-corrected chi connectivity index (χ2v) is 6.07. The summed E-state index contributed by atoms with van der Waals surface area (Å²) in [6.45, 7) is 5.18. The van der Waals surface area contributed by atoms with Gasteiger partial charge in [-0.05, 0) is 38.2 Å². The van der Waals surface area contributed by atoms with Gasteiger partial charge >= 0.3 is 0 Å². The molecule has 0 unspecified atom stereocenters. The van der Waals surface area contributed by atoms with Gasteiger partial charge in [0.1, 0.15) is 0 Å². The molecule has 1 heterocycles. The summed E-state index contributed by atoms with van der Waals surface area (Å²) in [5, 5.41) is 8.03. The molecule has 1 aliphatic carbocycles. The van der Waals surface area contributed by atoms with E-state index in [2.05, 4.69) is 54.7 Å². The first-order valence-electron chi connectivity index (χ1n) is 7.41. The van der Waals surface area contributed by atoms with Crippen LogP contribution in [0, 0.1) is 13.8 Å². The Kier molecular flexibility index (Phi) is 3.62. The summed E-state index contributed by atoms with van der Waals surface area (Å²) in [5.41, 5.74) is 5.31. The lowest BCUT2D eigenvalue weighted by Crippen LogP contribution is -2.39. The van der Waals surface area contributed by atoms with Crippen molar-refractivity contribution in [3.05, 3.63) is 52.8 Å². The zero-order valence-electron chi connectivity index (χ0n) is 12.6. The lowest BCUT2D eigenvalue weighted by atomic mass is 9.75. The molecule has 0 radical (unpaired) electrons. The molecule has 20 heavy (non-hydrogen) atoms. The average Bonchev–Trinajstić information content (AvgIpc) is 2.66. The molecule has 3 heteroatoms. The van der Waals surface area contributed by atoms with Crippen LogP contribution in [0.25, 0.3) is 0 Å². The number of hydrogen-bond acceptors (Lipinski definition) is 2. The number of nitrogens with zero attached hydrogens (tertiary/aromatic N) is 2. The second-order valence-electron chi connectivity index (χ2n) is 6.07. The molecule has 0 aliphatic heterocycles. The molecular formula is C17H23N3. The molecule has 0 spiro atoms. The fourth-order valence-corrected chi connectivity index (χ4v) is 3.06. The van der Waals surface area contributed by atoms with Crippen molar-refractivity contribution in [2.45, 2.75) is 45.2 Å². The highest BCUT2D eigenvalue weighted by Crippen LogP contribution is 2.37. The molecule has 0 amide bonds. The van der Waals surface area contributed by atoms with Gasteiger partial charge in [0.15, 0.2) is 0 Å². The van der Waals surface area contributed by atoms with Crippen LogP contribution in [0.2, 0.25) is 0 Å². The van der Waals surface area contributed by atoms with Gasteiger partial charge in [0.25, 0.3) is 0 Å². The van der Waals surface area contributed by atoms with Crippen LogP contribution in [0.5, 0.6) is 0 Å². The molecule has 0 atom stereocenters. The van der Waals surface area contributed by atoms with Crippen molar-refractivity contribution in [1.29, 1.82) is 0 Å². The third kappa shape index (κ3) is 2.78. The number of rotatable bonds is 4. The molecule has 0 bridgehead atoms. The molecule has 1 fully saturated rings. The third-order valence-corrected chi connectivity index (χ3v) is 4.35. The standard InChI is InChI=1S/C17H23N3/c1-12-5-4-6-14(7-12)15-8-17(9-15)18-10-16-11-20(3)19-13(16)2/h4-7,11,15,17-18H,8-10H2,1-3H3. The van der Waals surface area contributed by atoms with E-state index in [-0.39, 0.29) is 0 Å². The first-order valence-corrected chi connectivity index (χ1v) is 7.41. The highest BCUT2D eigenvalue weighted by Gasteiger charge is 2.29. The summed E-state index contributed by atoms with van der Waals surface area (Å²) in [4.78, 5) is 0. The van der Waals surface area contributed by atoms with Crippen LogP contribution in [0.1, 0.15) is 41.1 Å². The zero-order chi connectivity index (χ0) is 14.1. The minimum Gasteiger partial charge on any atom is -0.310 e. The normalized spacial score (nSPS) is 21.8. The predicted octanol–water partition coefficient (Wildman–Crippen LogP) is 3.07. The van der Waals surface area contributed by atoms with Crippen LogP contribution in [-0.2, 0) is 13.6 Å².